The van der Waals surface area contributed by atoms with Crippen molar-refractivity contribution in [3.8, 4) is 11.3 Å². The van der Waals surface area contributed by atoms with Gasteiger partial charge in [0.05, 0.1) is 22.3 Å². The van der Waals surface area contributed by atoms with Crippen LogP contribution in [0.25, 0.3) is 22.3 Å². The zero-order chi connectivity index (χ0) is 28.9. The van der Waals surface area contributed by atoms with E-state index in [1.54, 1.807) is 29.9 Å². The number of allylic oxidation sites excluding steroid dienone is 3. The lowest BCUT2D eigenvalue weighted by Gasteiger charge is -2.26. The molecule has 2 amide bonds. The maximum absolute atomic E-state index is 13.6. The first-order valence-electron chi connectivity index (χ1n) is 13.9. The maximum atomic E-state index is 13.6. The van der Waals surface area contributed by atoms with Crippen molar-refractivity contribution in [1.82, 2.24) is 25.2 Å². The Morgan fingerprint density at radius 2 is 1.78 bits per heavy atom. The molecule has 1 unspecified atom stereocenters. The minimum Gasteiger partial charge on any atom is -0.355 e. The molecule has 208 valence electrons. The van der Waals surface area contributed by atoms with Crippen LogP contribution in [-0.4, -0.2) is 33.5 Å². The normalized spacial score (nSPS) is 17.8. The molecule has 0 spiro atoms. The Kier molecular flexibility index (Phi) is 6.56. The van der Waals surface area contributed by atoms with Gasteiger partial charge in [0.2, 0.25) is 5.91 Å². The Morgan fingerprint density at radius 3 is 2.44 bits per heavy atom. The number of hydrogen-bond acceptors (Lipinski definition) is 4. The highest BCUT2D eigenvalue weighted by Gasteiger charge is 2.47. The van der Waals surface area contributed by atoms with E-state index in [0.717, 1.165) is 40.9 Å². The molecule has 2 aliphatic carbocycles. The Labute approximate surface area is 238 Å². The number of aryl methyl sites for hydroxylation is 1. The molecular formula is C33H32FN5O2. The second-order valence-electron chi connectivity index (χ2n) is 11.1. The Morgan fingerprint density at radius 1 is 1.02 bits per heavy atom. The topological polar surface area (TPSA) is 88.4 Å². The van der Waals surface area contributed by atoms with E-state index in [9.17, 15) is 14.0 Å². The molecule has 6 rings (SSSR count). The van der Waals surface area contributed by atoms with Crippen molar-refractivity contribution in [2.75, 3.05) is 7.05 Å². The van der Waals surface area contributed by atoms with Crippen molar-refractivity contribution >= 4 is 22.9 Å². The smallest absolute Gasteiger partial charge is 0.255 e. The second-order valence-corrected chi connectivity index (χ2v) is 11.1. The van der Waals surface area contributed by atoms with Gasteiger partial charge in [0.1, 0.15) is 11.5 Å². The lowest BCUT2D eigenvalue weighted by molar-refractivity contribution is -0.118. The molecule has 0 saturated heterocycles. The summed E-state index contributed by atoms with van der Waals surface area (Å²) in [6.07, 6.45) is 6.14. The first-order chi connectivity index (χ1) is 19.7. The summed E-state index contributed by atoms with van der Waals surface area (Å²) in [5, 5.41) is 10.8. The van der Waals surface area contributed by atoms with Crippen LogP contribution in [0.1, 0.15) is 60.4 Å². The van der Waals surface area contributed by atoms with Gasteiger partial charge in [-0.2, -0.15) is 5.10 Å². The van der Waals surface area contributed by atoms with E-state index < -0.39 is 5.54 Å². The molecule has 41 heavy (non-hydrogen) atoms. The molecule has 1 fully saturated rings. The summed E-state index contributed by atoms with van der Waals surface area (Å²) in [5.74, 6) is -0.545. The molecule has 2 N–H and O–H groups in total. The van der Waals surface area contributed by atoms with Crippen LogP contribution < -0.4 is 10.6 Å². The van der Waals surface area contributed by atoms with Crippen molar-refractivity contribution in [2.24, 2.45) is 5.92 Å². The average molecular weight is 550 g/mol. The fourth-order valence-corrected chi connectivity index (χ4v) is 5.70. The molecular weight excluding hydrogens is 517 g/mol. The van der Waals surface area contributed by atoms with Gasteiger partial charge in [-0.25, -0.2) is 8.91 Å². The number of halogens is 1. The summed E-state index contributed by atoms with van der Waals surface area (Å²) >= 11 is 0. The van der Waals surface area contributed by atoms with Gasteiger partial charge in [-0.05, 0) is 105 Å². The van der Waals surface area contributed by atoms with E-state index >= 15 is 0 Å². The van der Waals surface area contributed by atoms with Crippen LogP contribution in [-0.2, 0) is 10.3 Å². The first-order valence-corrected chi connectivity index (χ1v) is 13.9. The fourth-order valence-electron chi connectivity index (χ4n) is 5.70. The maximum Gasteiger partial charge on any atom is 0.255 e. The number of nitrogens with one attached hydrogen (secondary N) is 2. The molecule has 7 nitrogen and oxygen atoms in total. The molecule has 1 saturated carbocycles. The molecule has 0 radical (unpaired) electrons. The highest BCUT2D eigenvalue weighted by Crippen LogP contribution is 2.45. The zero-order valence-electron chi connectivity index (χ0n) is 23.6. The van der Waals surface area contributed by atoms with Gasteiger partial charge in [-0.15, -0.1) is 0 Å². The molecule has 0 bridgehead atoms. The molecule has 1 aromatic carbocycles. The van der Waals surface area contributed by atoms with Crippen molar-refractivity contribution in [3.63, 3.8) is 0 Å². The highest BCUT2D eigenvalue weighted by atomic mass is 19.1. The third kappa shape index (κ3) is 4.73. The van der Waals surface area contributed by atoms with E-state index in [-0.39, 0.29) is 23.5 Å². The van der Waals surface area contributed by atoms with E-state index in [4.69, 9.17) is 5.10 Å². The summed E-state index contributed by atoms with van der Waals surface area (Å²) in [7, 11) is 1.58. The number of pyridine rings is 2. The van der Waals surface area contributed by atoms with Crippen LogP contribution in [0.4, 0.5) is 4.39 Å². The van der Waals surface area contributed by atoms with Gasteiger partial charge in [-0.1, -0.05) is 18.6 Å². The number of fused-ring (bicyclic) bond motifs is 1. The number of amides is 2. The van der Waals surface area contributed by atoms with Crippen LogP contribution in [0.2, 0.25) is 0 Å². The molecule has 3 heterocycles. The van der Waals surface area contributed by atoms with Gasteiger partial charge in [0.15, 0.2) is 0 Å². The van der Waals surface area contributed by atoms with E-state index in [1.807, 2.05) is 43.3 Å². The van der Waals surface area contributed by atoms with Gasteiger partial charge in [0.25, 0.3) is 5.91 Å². The molecule has 4 aromatic rings. The zero-order valence-corrected chi connectivity index (χ0v) is 23.6. The van der Waals surface area contributed by atoms with Crippen molar-refractivity contribution in [1.29, 1.82) is 0 Å². The van der Waals surface area contributed by atoms with Gasteiger partial charge >= 0.3 is 0 Å². The molecule has 2 aliphatic rings. The number of benzene rings is 1. The van der Waals surface area contributed by atoms with Gasteiger partial charge in [-0.3, -0.25) is 14.6 Å². The molecule has 3 aromatic heterocycles. The predicted octanol–water partition coefficient (Wildman–Crippen LogP) is 5.75. The molecule has 1 atom stereocenters. The second kappa shape index (κ2) is 10.1. The predicted molar refractivity (Wildman–Crippen MR) is 156 cm³/mol. The van der Waals surface area contributed by atoms with E-state index in [1.165, 1.54) is 17.7 Å². The Bertz CT molecular complexity index is 1750. The quantitative estimate of drug-likeness (QED) is 0.321. The van der Waals surface area contributed by atoms with Crippen LogP contribution in [0.15, 0.2) is 78.0 Å². The summed E-state index contributed by atoms with van der Waals surface area (Å²) in [6.45, 7) is 6.17. The molecule has 8 heteroatoms. The van der Waals surface area contributed by atoms with E-state index in [2.05, 4.69) is 29.5 Å². The van der Waals surface area contributed by atoms with Gasteiger partial charge in [0, 0.05) is 30.1 Å². The Balaban J connectivity index is 1.42. The average Bonchev–Trinajstić information content (AvgIpc) is 3.65. The van der Waals surface area contributed by atoms with Crippen molar-refractivity contribution in [3.05, 3.63) is 106 Å². The SMILES string of the molecule is CNC(=O)c1c(-c2ccc(F)cc2)nn2c(C)cc(C3=C(C)C(C)CC(C(=O)NC4(c5ccccn5)CC4)=C3)cc12. The minimum absolute atomic E-state index is 0.0724. The highest BCUT2D eigenvalue weighted by molar-refractivity contribution is 6.07. The first kappa shape index (κ1) is 26.6. The fraction of sp³-hybridized carbons (Fsp3) is 0.273. The van der Waals surface area contributed by atoms with Crippen LogP contribution in [0, 0.1) is 18.7 Å². The lowest BCUT2D eigenvalue weighted by Crippen LogP contribution is -2.37. The van der Waals surface area contributed by atoms with Crippen LogP contribution >= 0.6 is 0 Å². The van der Waals surface area contributed by atoms with E-state index in [0.29, 0.717) is 28.8 Å². The van der Waals surface area contributed by atoms with Crippen LogP contribution in [0.5, 0.6) is 0 Å². The van der Waals surface area contributed by atoms with Crippen molar-refractivity contribution < 1.29 is 14.0 Å². The third-order valence-electron chi connectivity index (χ3n) is 8.35. The van der Waals surface area contributed by atoms with Crippen molar-refractivity contribution in [2.45, 2.75) is 45.6 Å². The number of carbonyl (C=O) groups is 2. The van der Waals surface area contributed by atoms with Crippen LogP contribution in [0.3, 0.4) is 0 Å². The Hall–Kier alpha value is -4.59. The molecule has 0 aliphatic heterocycles. The third-order valence-corrected chi connectivity index (χ3v) is 8.35. The minimum atomic E-state index is -0.398. The van der Waals surface area contributed by atoms with Gasteiger partial charge < -0.3 is 10.6 Å². The summed E-state index contributed by atoms with van der Waals surface area (Å²) in [4.78, 5) is 31.2. The number of hydrogen-bond donors (Lipinski definition) is 2. The number of carbonyl (C=O) groups excluding carboxylic acids is 2. The summed E-state index contributed by atoms with van der Waals surface area (Å²) in [6, 6.07) is 15.8. The lowest BCUT2D eigenvalue weighted by atomic mass is 9.82. The summed E-state index contributed by atoms with van der Waals surface area (Å²) in [5.41, 5.74) is 7.30. The number of rotatable bonds is 6. The standard InChI is InChI=1S/C33H32FN5O2/c1-19-15-24(31(40)37-33(12-13-33)28-7-5-6-14-36-28)17-26(21(19)3)23-16-20(2)39-27(18-23)29(32(41)35-4)30(38-39)22-8-10-25(34)11-9-22/h5-11,14,16-19H,12-13,15H2,1-4H3,(H,35,41)(H,37,40). The number of nitrogens with zero attached hydrogens (tertiary/aromatic N) is 3. The largest absolute Gasteiger partial charge is 0.355 e. The summed E-state index contributed by atoms with van der Waals surface area (Å²) < 4.78 is 15.4. The number of aromatic nitrogens is 3. The monoisotopic (exact) mass is 549 g/mol.